The number of benzene rings is 5. The molecule has 2 fully saturated rings. The summed E-state index contributed by atoms with van der Waals surface area (Å²) in [4.78, 5) is 65.5. The lowest BCUT2D eigenvalue weighted by molar-refractivity contribution is -0.135. The highest BCUT2D eigenvalue weighted by molar-refractivity contribution is 6.32. The standard InChI is InChI=1S/C48H36N2O7/c1-56-39-18-10-15-33(44(39)53)42-31-23-24-32-41(47(55)50(46(32)54)30-21-19-28(20-22-30)45-49-37-16-8-9-17-38(37)57-45)35(31)25-36-43(52)34(27-11-4-2-5-12-27)26-40(51)48(36,42)29-13-6-3-7-14-29/h2-23,26,32,35-36,41-42,53H,24-25H2,1H3. The number of fused-ring (bicyclic) bond motifs is 5. The zero-order chi connectivity index (χ0) is 39.0. The number of imide groups is 1. The van der Waals surface area contributed by atoms with Crippen molar-refractivity contribution in [3.8, 4) is 23.0 Å². The molecule has 0 radical (unpaired) electrons. The fraction of sp³-hybridized carbons (Fsp3) is 0.188. The zero-order valence-corrected chi connectivity index (χ0v) is 30.9. The first-order valence-corrected chi connectivity index (χ1v) is 19.1. The van der Waals surface area contributed by atoms with E-state index in [2.05, 4.69) is 4.98 Å². The number of ketones is 2. The third-order valence-electron chi connectivity index (χ3n) is 12.6. The van der Waals surface area contributed by atoms with Crippen LogP contribution in [0.25, 0.3) is 28.1 Å². The summed E-state index contributed by atoms with van der Waals surface area (Å²) in [5, 5.41) is 11.9. The van der Waals surface area contributed by atoms with Gasteiger partial charge in [-0.15, -0.1) is 0 Å². The summed E-state index contributed by atoms with van der Waals surface area (Å²) in [6.07, 6.45) is 3.86. The van der Waals surface area contributed by atoms with Crippen molar-refractivity contribution in [2.24, 2.45) is 23.7 Å². The van der Waals surface area contributed by atoms with Crippen LogP contribution in [0.1, 0.15) is 35.4 Å². The van der Waals surface area contributed by atoms with E-state index in [0.29, 0.717) is 45.0 Å². The first kappa shape index (κ1) is 34.6. The van der Waals surface area contributed by atoms with Crippen molar-refractivity contribution in [3.63, 3.8) is 0 Å². The zero-order valence-electron chi connectivity index (χ0n) is 30.9. The summed E-state index contributed by atoms with van der Waals surface area (Å²) < 4.78 is 11.5. The second kappa shape index (κ2) is 13.1. The smallest absolute Gasteiger partial charge is 0.238 e. The molecule has 280 valence electrons. The van der Waals surface area contributed by atoms with Crippen molar-refractivity contribution in [2.45, 2.75) is 24.2 Å². The molecule has 6 unspecified atom stereocenters. The second-order valence-electron chi connectivity index (χ2n) is 15.2. The van der Waals surface area contributed by atoms with Gasteiger partial charge in [-0.05, 0) is 78.4 Å². The third kappa shape index (κ3) is 5.04. The van der Waals surface area contributed by atoms with E-state index < -0.39 is 35.0 Å². The molecule has 2 heterocycles. The molecule has 6 atom stereocenters. The van der Waals surface area contributed by atoms with E-state index in [-0.39, 0.29) is 47.7 Å². The third-order valence-corrected chi connectivity index (χ3v) is 12.6. The number of nitrogens with zero attached hydrogens (tertiary/aromatic N) is 2. The van der Waals surface area contributed by atoms with Gasteiger partial charge in [0.2, 0.25) is 17.7 Å². The van der Waals surface area contributed by atoms with Crippen LogP contribution < -0.4 is 9.64 Å². The Hall–Kier alpha value is -6.87. The Balaban J connectivity index is 1.11. The van der Waals surface area contributed by atoms with Crippen molar-refractivity contribution in [1.82, 2.24) is 4.98 Å². The van der Waals surface area contributed by atoms with E-state index in [1.165, 1.54) is 18.1 Å². The molecule has 4 aliphatic rings. The summed E-state index contributed by atoms with van der Waals surface area (Å²) in [6.45, 7) is 0. The largest absolute Gasteiger partial charge is 0.504 e. The average Bonchev–Trinajstić information content (AvgIpc) is 3.80. The van der Waals surface area contributed by atoms with Crippen LogP contribution in [0.3, 0.4) is 0 Å². The first-order valence-electron chi connectivity index (χ1n) is 19.1. The van der Waals surface area contributed by atoms with Gasteiger partial charge in [0.15, 0.2) is 28.6 Å². The fourth-order valence-corrected chi connectivity index (χ4v) is 10.2. The number of phenols is 1. The molecular formula is C48H36N2O7. The Morgan fingerprint density at radius 1 is 0.772 bits per heavy atom. The monoisotopic (exact) mass is 752 g/mol. The number of amides is 2. The number of methoxy groups -OCH3 is 1. The maximum atomic E-state index is 15.3. The number of ether oxygens (including phenoxy) is 1. The van der Waals surface area contributed by atoms with E-state index in [1.807, 2.05) is 91.0 Å². The van der Waals surface area contributed by atoms with Gasteiger partial charge in [-0.1, -0.05) is 96.6 Å². The fourth-order valence-electron chi connectivity index (χ4n) is 10.2. The SMILES string of the molecule is COc1cccc(C2C3=CCC4C(=O)N(c5ccc(-c6nc7ccccc7o6)cc5)C(=O)C4C3CC3C(=O)C(c4ccccc4)=CC(=O)C32c2ccccc2)c1O. The Bertz CT molecular complexity index is 2670. The molecule has 6 aromatic rings. The summed E-state index contributed by atoms with van der Waals surface area (Å²) in [5.74, 6) is -4.51. The molecule has 1 saturated carbocycles. The highest BCUT2D eigenvalue weighted by Gasteiger charge is 2.66. The van der Waals surface area contributed by atoms with Crippen LogP contribution in [0, 0.1) is 23.7 Å². The quantitative estimate of drug-likeness (QED) is 0.133. The van der Waals surface area contributed by atoms with Crippen LogP contribution in [-0.2, 0) is 24.6 Å². The maximum Gasteiger partial charge on any atom is 0.238 e. The van der Waals surface area contributed by atoms with Gasteiger partial charge in [0.25, 0.3) is 0 Å². The van der Waals surface area contributed by atoms with Gasteiger partial charge in [-0.2, -0.15) is 0 Å². The van der Waals surface area contributed by atoms with Gasteiger partial charge < -0.3 is 14.3 Å². The number of aromatic nitrogens is 1. The molecule has 1 aliphatic heterocycles. The molecule has 57 heavy (non-hydrogen) atoms. The summed E-state index contributed by atoms with van der Waals surface area (Å²) in [5.41, 5.74) is 3.78. The van der Waals surface area contributed by atoms with E-state index in [1.54, 1.807) is 42.5 Å². The van der Waals surface area contributed by atoms with E-state index in [0.717, 1.165) is 11.1 Å². The lowest BCUT2D eigenvalue weighted by Gasteiger charge is -2.55. The minimum Gasteiger partial charge on any atom is -0.504 e. The van der Waals surface area contributed by atoms with Crippen molar-refractivity contribution in [3.05, 3.63) is 162 Å². The van der Waals surface area contributed by atoms with Crippen LogP contribution in [0.5, 0.6) is 11.5 Å². The first-order chi connectivity index (χ1) is 27.8. The van der Waals surface area contributed by atoms with Gasteiger partial charge in [-0.3, -0.25) is 24.1 Å². The van der Waals surface area contributed by atoms with Gasteiger partial charge in [0, 0.05) is 28.5 Å². The molecule has 1 aromatic heterocycles. The summed E-state index contributed by atoms with van der Waals surface area (Å²) >= 11 is 0. The molecule has 9 nitrogen and oxygen atoms in total. The summed E-state index contributed by atoms with van der Waals surface area (Å²) in [7, 11) is 1.46. The van der Waals surface area contributed by atoms with Crippen LogP contribution in [0.15, 0.2) is 150 Å². The summed E-state index contributed by atoms with van der Waals surface area (Å²) in [6, 6.07) is 38.1. The van der Waals surface area contributed by atoms with Crippen LogP contribution in [0.2, 0.25) is 0 Å². The molecule has 0 bridgehead atoms. The highest BCUT2D eigenvalue weighted by Crippen LogP contribution is 2.65. The molecule has 5 aromatic carbocycles. The molecule has 1 N–H and O–H groups in total. The molecule has 0 spiro atoms. The molecule has 1 saturated heterocycles. The number of Topliss-reactive ketones (excluding diaryl/α,β-unsaturated/α-hetero) is 1. The van der Waals surface area contributed by atoms with Crippen LogP contribution in [-0.4, -0.2) is 40.6 Å². The lowest BCUT2D eigenvalue weighted by atomic mass is 9.44. The normalized spacial score (nSPS) is 25.4. The number of allylic oxidation sites excluding steroid dienone is 4. The van der Waals surface area contributed by atoms with E-state index in [9.17, 15) is 14.7 Å². The van der Waals surface area contributed by atoms with Gasteiger partial charge in [0.1, 0.15) is 5.52 Å². The number of aromatic hydroxyl groups is 1. The number of hydrogen-bond acceptors (Lipinski definition) is 8. The number of phenolic OH excluding ortho intramolecular Hbond substituents is 1. The topological polar surface area (TPSA) is 127 Å². The number of carbonyl (C=O) groups excluding carboxylic acids is 4. The molecule has 10 rings (SSSR count). The Kier molecular flexibility index (Phi) is 7.97. The van der Waals surface area contributed by atoms with Crippen molar-refractivity contribution in [2.75, 3.05) is 12.0 Å². The minimum atomic E-state index is -1.47. The predicted octanol–water partition coefficient (Wildman–Crippen LogP) is 8.24. The average molecular weight is 753 g/mol. The van der Waals surface area contributed by atoms with Gasteiger partial charge in [0.05, 0.1) is 30.0 Å². The van der Waals surface area contributed by atoms with Crippen LogP contribution in [0.4, 0.5) is 5.69 Å². The Morgan fingerprint density at radius 2 is 1.49 bits per heavy atom. The number of rotatable bonds is 6. The Morgan fingerprint density at radius 3 is 2.23 bits per heavy atom. The van der Waals surface area contributed by atoms with E-state index >= 15 is 9.59 Å². The molecular weight excluding hydrogens is 717 g/mol. The predicted molar refractivity (Wildman–Crippen MR) is 213 cm³/mol. The maximum absolute atomic E-state index is 15.3. The van der Waals surface area contributed by atoms with Gasteiger partial charge in [-0.25, -0.2) is 4.98 Å². The molecule has 3 aliphatic carbocycles. The Labute approximate surface area is 327 Å². The molecule has 2 amide bonds. The van der Waals surface area contributed by atoms with E-state index in [4.69, 9.17) is 9.15 Å². The van der Waals surface area contributed by atoms with Crippen molar-refractivity contribution in [1.29, 1.82) is 0 Å². The number of carbonyl (C=O) groups is 4. The number of oxazole rings is 1. The lowest BCUT2D eigenvalue weighted by Crippen LogP contribution is -2.58. The number of hydrogen-bond donors (Lipinski definition) is 1. The van der Waals surface area contributed by atoms with Crippen molar-refractivity contribution >= 4 is 45.7 Å². The highest BCUT2D eigenvalue weighted by atomic mass is 16.5. The number of anilines is 1. The molecule has 9 heteroatoms. The van der Waals surface area contributed by atoms with Crippen molar-refractivity contribution < 1.29 is 33.4 Å². The van der Waals surface area contributed by atoms with Gasteiger partial charge >= 0.3 is 0 Å². The second-order valence-corrected chi connectivity index (χ2v) is 15.2. The minimum absolute atomic E-state index is 0.143. The van der Waals surface area contributed by atoms with Crippen LogP contribution >= 0.6 is 0 Å². The number of para-hydroxylation sites is 3.